The van der Waals surface area contributed by atoms with Crippen LogP contribution in [0, 0.1) is 5.82 Å². The van der Waals surface area contributed by atoms with Crippen molar-refractivity contribution in [2.45, 2.75) is 44.1 Å². The Bertz CT molecular complexity index is 527. The minimum absolute atomic E-state index is 0.0470. The third-order valence-corrected chi connectivity index (χ3v) is 3.46. The number of carboxylic acid groups (broad SMARTS) is 1. The standard InChI is InChI=1S/C14H14F4O3/c15-11-4-1-8(7-10(11)14(16,17)18)12-5-2-9(21-12)3-6-13(19)20/h1,4,7,9,12H,2-3,5-6H2,(H,19,20). The van der Waals surface area contributed by atoms with Gasteiger partial charge in [-0.25, -0.2) is 4.39 Å². The van der Waals surface area contributed by atoms with Crippen LogP contribution in [0.25, 0.3) is 0 Å². The Morgan fingerprint density at radius 2 is 2.05 bits per heavy atom. The first-order valence-corrected chi connectivity index (χ1v) is 6.51. The minimum Gasteiger partial charge on any atom is -0.481 e. The van der Waals surface area contributed by atoms with E-state index in [2.05, 4.69) is 0 Å². The second kappa shape index (κ2) is 6.01. The van der Waals surface area contributed by atoms with Gasteiger partial charge in [0.25, 0.3) is 0 Å². The van der Waals surface area contributed by atoms with Gasteiger partial charge >= 0.3 is 12.1 Å². The fraction of sp³-hybridized carbons (Fsp3) is 0.500. The van der Waals surface area contributed by atoms with Gasteiger partial charge in [-0.05, 0) is 37.0 Å². The van der Waals surface area contributed by atoms with Gasteiger partial charge < -0.3 is 9.84 Å². The molecule has 1 fully saturated rings. The Morgan fingerprint density at radius 3 is 2.67 bits per heavy atom. The van der Waals surface area contributed by atoms with E-state index in [0.29, 0.717) is 19.3 Å². The Kier molecular flexibility index (Phi) is 4.51. The molecule has 0 spiro atoms. The molecule has 1 aromatic rings. The van der Waals surface area contributed by atoms with Gasteiger partial charge in [0, 0.05) is 6.42 Å². The Hall–Kier alpha value is -1.63. The summed E-state index contributed by atoms with van der Waals surface area (Å²) in [5.41, 5.74) is -1.04. The number of benzene rings is 1. The predicted octanol–water partition coefficient (Wildman–Crippen LogP) is 3.93. The summed E-state index contributed by atoms with van der Waals surface area (Å²) in [4.78, 5) is 10.5. The molecule has 1 saturated heterocycles. The molecule has 0 bridgehead atoms. The third-order valence-electron chi connectivity index (χ3n) is 3.46. The van der Waals surface area contributed by atoms with Crippen molar-refractivity contribution in [3.63, 3.8) is 0 Å². The molecule has 0 radical (unpaired) electrons. The smallest absolute Gasteiger partial charge is 0.419 e. The summed E-state index contributed by atoms with van der Waals surface area (Å²) in [6, 6.07) is 2.82. The van der Waals surface area contributed by atoms with E-state index in [1.165, 1.54) is 6.07 Å². The summed E-state index contributed by atoms with van der Waals surface area (Å²) in [6.45, 7) is 0. The van der Waals surface area contributed by atoms with Crippen LogP contribution in [0.15, 0.2) is 18.2 Å². The number of carboxylic acids is 1. The molecule has 1 heterocycles. The molecule has 1 aliphatic rings. The van der Waals surface area contributed by atoms with Crippen LogP contribution >= 0.6 is 0 Å². The molecule has 0 aromatic heterocycles. The average Bonchev–Trinajstić information content (AvgIpc) is 2.84. The first-order chi connectivity index (χ1) is 9.77. The van der Waals surface area contributed by atoms with E-state index in [0.717, 1.165) is 12.1 Å². The highest BCUT2D eigenvalue weighted by Crippen LogP contribution is 2.38. The van der Waals surface area contributed by atoms with Crippen LogP contribution in [0.4, 0.5) is 17.6 Å². The average molecular weight is 306 g/mol. The van der Waals surface area contributed by atoms with Crippen LogP contribution in [0.2, 0.25) is 0 Å². The van der Waals surface area contributed by atoms with E-state index in [4.69, 9.17) is 9.84 Å². The van der Waals surface area contributed by atoms with Gasteiger partial charge in [-0.1, -0.05) is 6.07 Å². The van der Waals surface area contributed by atoms with E-state index >= 15 is 0 Å². The van der Waals surface area contributed by atoms with Crippen LogP contribution < -0.4 is 0 Å². The first-order valence-electron chi connectivity index (χ1n) is 6.51. The zero-order valence-electron chi connectivity index (χ0n) is 11.0. The summed E-state index contributed by atoms with van der Waals surface area (Å²) in [7, 11) is 0. The fourth-order valence-electron chi connectivity index (χ4n) is 2.41. The van der Waals surface area contributed by atoms with E-state index in [9.17, 15) is 22.4 Å². The summed E-state index contributed by atoms with van der Waals surface area (Å²) in [5, 5.41) is 8.59. The molecule has 0 amide bonds. The second-order valence-electron chi connectivity index (χ2n) is 4.99. The predicted molar refractivity (Wildman–Crippen MR) is 65.1 cm³/mol. The lowest BCUT2D eigenvalue weighted by Gasteiger charge is -2.16. The van der Waals surface area contributed by atoms with Crippen LogP contribution in [-0.2, 0) is 15.7 Å². The van der Waals surface area contributed by atoms with Crippen molar-refractivity contribution < 1.29 is 32.2 Å². The number of ether oxygens (including phenoxy) is 1. The van der Waals surface area contributed by atoms with Gasteiger partial charge in [0.2, 0.25) is 0 Å². The molecule has 0 aliphatic carbocycles. The van der Waals surface area contributed by atoms with Crippen LogP contribution in [0.5, 0.6) is 0 Å². The van der Waals surface area contributed by atoms with Gasteiger partial charge in [-0.3, -0.25) is 4.79 Å². The molecule has 3 nitrogen and oxygen atoms in total. The number of alkyl halides is 3. The third kappa shape index (κ3) is 3.93. The van der Waals surface area contributed by atoms with Crippen molar-refractivity contribution >= 4 is 5.97 Å². The Balaban J connectivity index is 2.08. The first kappa shape index (κ1) is 15.8. The molecular weight excluding hydrogens is 292 g/mol. The number of rotatable bonds is 4. The summed E-state index contributed by atoms with van der Waals surface area (Å²) in [6.07, 6.45) is -4.24. The Morgan fingerprint density at radius 1 is 1.33 bits per heavy atom. The van der Waals surface area contributed by atoms with Crippen LogP contribution in [0.3, 0.4) is 0 Å². The van der Waals surface area contributed by atoms with Crippen molar-refractivity contribution in [2.24, 2.45) is 0 Å². The van der Waals surface area contributed by atoms with E-state index in [1.54, 1.807) is 0 Å². The summed E-state index contributed by atoms with van der Waals surface area (Å²) >= 11 is 0. The summed E-state index contributed by atoms with van der Waals surface area (Å²) in [5.74, 6) is -2.25. The van der Waals surface area contributed by atoms with Crippen molar-refractivity contribution in [2.75, 3.05) is 0 Å². The Labute approximate surface area is 118 Å². The summed E-state index contributed by atoms with van der Waals surface area (Å²) < 4.78 is 56.7. The number of hydrogen-bond acceptors (Lipinski definition) is 2. The van der Waals surface area contributed by atoms with Crippen molar-refractivity contribution in [1.29, 1.82) is 0 Å². The van der Waals surface area contributed by atoms with Gasteiger partial charge in [0.15, 0.2) is 0 Å². The van der Waals surface area contributed by atoms with E-state index in [1.807, 2.05) is 0 Å². The van der Waals surface area contributed by atoms with E-state index < -0.39 is 29.6 Å². The van der Waals surface area contributed by atoms with Gasteiger partial charge in [0.05, 0.1) is 17.8 Å². The second-order valence-corrected chi connectivity index (χ2v) is 4.99. The zero-order valence-corrected chi connectivity index (χ0v) is 11.0. The molecular formula is C14H14F4O3. The maximum absolute atomic E-state index is 13.2. The molecule has 1 aliphatic heterocycles. The molecule has 116 valence electrons. The molecule has 1 N–H and O–H groups in total. The van der Waals surface area contributed by atoms with Crippen molar-refractivity contribution in [1.82, 2.24) is 0 Å². The van der Waals surface area contributed by atoms with Crippen molar-refractivity contribution in [3.05, 3.63) is 35.1 Å². The highest BCUT2D eigenvalue weighted by atomic mass is 19.4. The topological polar surface area (TPSA) is 46.5 Å². The minimum atomic E-state index is -4.75. The van der Waals surface area contributed by atoms with Gasteiger partial charge in [0.1, 0.15) is 5.82 Å². The number of halogens is 4. The molecule has 21 heavy (non-hydrogen) atoms. The fourth-order valence-corrected chi connectivity index (χ4v) is 2.41. The maximum atomic E-state index is 13.2. The highest BCUT2D eigenvalue weighted by molar-refractivity contribution is 5.66. The quantitative estimate of drug-likeness (QED) is 0.857. The molecule has 2 rings (SSSR count). The number of aliphatic carboxylic acids is 1. The molecule has 2 unspecified atom stereocenters. The van der Waals surface area contributed by atoms with E-state index in [-0.39, 0.29) is 18.1 Å². The van der Waals surface area contributed by atoms with Crippen LogP contribution in [0.1, 0.15) is 42.9 Å². The molecule has 0 saturated carbocycles. The maximum Gasteiger partial charge on any atom is 0.419 e. The SMILES string of the molecule is O=C(O)CCC1CCC(c2ccc(F)c(C(F)(F)F)c2)O1. The largest absolute Gasteiger partial charge is 0.481 e. The lowest BCUT2D eigenvalue weighted by atomic mass is 10.0. The van der Waals surface area contributed by atoms with Crippen LogP contribution in [-0.4, -0.2) is 17.2 Å². The number of carbonyl (C=O) groups is 1. The molecule has 7 heteroatoms. The molecule has 2 atom stereocenters. The lowest BCUT2D eigenvalue weighted by Crippen LogP contribution is -2.11. The normalized spacial score (nSPS) is 22.5. The zero-order chi connectivity index (χ0) is 15.6. The highest BCUT2D eigenvalue weighted by Gasteiger charge is 2.35. The van der Waals surface area contributed by atoms with Gasteiger partial charge in [-0.15, -0.1) is 0 Å². The molecule has 1 aromatic carbocycles. The number of hydrogen-bond donors (Lipinski definition) is 1. The monoisotopic (exact) mass is 306 g/mol. The van der Waals surface area contributed by atoms with Gasteiger partial charge in [-0.2, -0.15) is 13.2 Å². The van der Waals surface area contributed by atoms with Crippen molar-refractivity contribution in [3.8, 4) is 0 Å². The lowest BCUT2D eigenvalue weighted by molar-refractivity contribution is -0.140.